The molecule has 0 aromatic carbocycles. The summed E-state index contributed by atoms with van der Waals surface area (Å²) in [5.41, 5.74) is 0.991. The van der Waals surface area contributed by atoms with Gasteiger partial charge in [-0.2, -0.15) is 0 Å². The first-order valence-corrected chi connectivity index (χ1v) is 3.73. The van der Waals surface area contributed by atoms with Gasteiger partial charge in [0.25, 0.3) is 0 Å². The Balaban J connectivity index is 2.16. The number of hydrogen-bond donors (Lipinski definition) is 2. The first-order chi connectivity index (χ1) is 5.47. The lowest BCUT2D eigenvalue weighted by Gasteiger charge is -2.06. The van der Waals surface area contributed by atoms with Gasteiger partial charge in [0.05, 0.1) is 5.69 Å². The van der Waals surface area contributed by atoms with Crippen molar-refractivity contribution < 1.29 is 0 Å². The molecule has 0 spiro atoms. The Hall–Kier alpha value is -0.930. The van der Waals surface area contributed by atoms with E-state index in [1.807, 2.05) is 18.2 Å². The highest BCUT2D eigenvalue weighted by molar-refractivity contribution is 5.21. The van der Waals surface area contributed by atoms with E-state index in [0.29, 0.717) is 0 Å². The number of rotatable bonds is 1. The summed E-state index contributed by atoms with van der Waals surface area (Å²) in [5.74, 6) is 0. The molecular weight excluding hydrogens is 138 g/mol. The maximum atomic E-state index is 4.20. The molecule has 0 unspecified atom stereocenters. The molecule has 1 aliphatic heterocycles. The fraction of sp³-hybridized carbons (Fsp3) is 0.250. The van der Waals surface area contributed by atoms with Gasteiger partial charge in [-0.1, -0.05) is 6.07 Å². The molecule has 57 valence electrons. The highest BCUT2D eigenvalue weighted by atomic mass is 15.2. The average molecular weight is 148 g/mol. The fourth-order valence-electron chi connectivity index (χ4n) is 1.13. The number of nitrogens with one attached hydrogen (secondary N) is 2. The molecular formula is C8H10N3. The molecule has 1 aromatic heterocycles. The van der Waals surface area contributed by atoms with Crippen molar-refractivity contribution in [2.24, 2.45) is 0 Å². The lowest BCUT2D eigenvalue weighted by molar-refractivity contribution is 0.788. The third-order valence-electron chi connectivity index (χ3n) is 1.65. The van der Waals surface area contributed by atoms with Gasteiger partial charge < -0.3 is 0 Å². The minimum atomic E-state index is 0.991. The molecule has 0 amide bonds. The first-order valence-electron chi connectivity index (χ1n) is 3.73. The molecule has 1 aromatic rings. The van der Waals surface area contributed by atoms with Gasteiger partial charge >= 0.3 is 0 Å². The Morgan fingerprint density at radius 3 is 2.64 bits per heavy atom. The molecule has 1 aliphatic rings. The van der Waals surface area contributed by atoms with Gasteiger partial charge in [0.2, 0.25) is 0 Å². The second kappa shape index (κ2) is 2.98. The van der Waals surface area contributed by atoms with Crippen LogP contribution in [0.5, 0.6) is 0 Å². The Bertz CT molecular complexity index is 216. The maximum Gasteiger partial charge on any atom is 0.151 e. The van der Waals surface area contributed by atoms with Crippen LogP contribution in [-0.4, -0.2) is 18.1 Å². The molecule has 1 saturated heterocycles. The predicted octanol–water partition coefficient (Wildman–Crippen LogP) is 0.112. The van der Waals surface area contributed by atoms with Gasteiger partial charge in [0, 0.05) is 19.3 Å². The summed E-state index contributed by atoms with van der Waals surface area (Å²) in [6, 6.07) is 5.89. The van der Waals surface area contributed by atoms with Crippen LogP contribution in [-0.2, 0) is 0 Å². The summed E-state index contributed by atoms with van der Waals surface area (Å²) < 4.78 is 0. The second-order valence-corrected chi connectivity index (χ2v) is 2.44. The third kappa shape index (κ3) is 1.39. The van der Waals surface area contributed by atoms with Gasteiger partial charge in [0.15, 0.2) is 6.17 Å². The van der Waals surface area contributed by atoms with Crippen LogP contribution in [0.1, 0.15) is 5.69 Å². The van der Waals surface area contributed by atoms with Gasteiger partial charge in [-0.15, -0.1) is 0 Å². The Morgan fingerprint density at radius 1 is 1.18 bits per heavy atom. The molecule has 0 aliphatic carbocycles. The summed E-state index contributed by atoms with van der Waals surface area (Å²) in [6.45, 7) is 1.98. The summed E-state index contributed by atoms with van der Waals surface area (Å²) >= 11 is 0. The number of pyridine rings is 1. The largest absolute Gasteiger partial charge is 0.290 e. The molecule has 1 radical (unpaired) electrons. The average Bonchev–Trinajstić information content (AvgIpc) is 2.58. The fourth-order valence-corrected chi connectivity index (χ4v) is 1.13. The van der Waals surface area contributed by atoms with Crippen molar-refractivity contribution in [1.29, 1.82) is 0 Å². The Kier molecular flexibility index (Phi) is 1.83. The van der Waals surface area contributed by atoms with Crippen LogP contribution in [0.2, 0.25) is 0 Å². The van der Waals surface area contributed by atoms with Gasteiger partial charge in [-0.25, -0.2) is 0 Å². The van der Waals surface area contributed by atoms with Crippen molar-refractivity contribution in [3.05, 3.63) is 36.3 Å². The number of nitrogens with zero attached hydrogens (tertiary/aromatic N) is 1. The molecule has 2 N–H and O–H groups in total. The highest BCUT2D eigenvalue weighted by Gasteiger charge is 2.16. The van der Waals surface area contributed by atoms with Gasteiger partial charge in [-0.3, -0.25) is 15.6 Å². The van der Waals surface area contributed by atoms with Crippen molar-refractivity contribution >= 4 is 0 Å². The van der Waals surface area contributed by atoms with Crippen LogP contribution in [0.15, 0.2) is 24.4 Å². The summed E-state index contributed by atoms with van der Waals surface area (Å²) in [7, 11) is 0. The lowest BCUT2D eigenvalue weighted by Crippen LogP contribution is -2.23. The van der Waals surface area contributed by atoms with Crippen LogP contribution in [0.25, 0.3) is 0 Å². The summed E-state index contributed by atoms with van der Waals surface area (Å²) in [4.78, 5) is 4.20. The first kappa shape index (κ1) is 6.76. The quantitative estimate of drug-likeness (QED) is 0.593. The summed E-state index contributed by atoms with van der Waals surface area (Å²) in [5, 5.41) is 6.43. The Morgan fingerprint density at radius 2 is 2.00 bits per heavy atom. The van der Waals surface area contributed by atoms with Crippen molar-refractivity contribution in [1.82, 2.24) is 15.6 Å². The molecule has 0 bridgehead atoms. The van der Waals surface area contributed by atoms with Crippen LogP contribution in [0, 0.1) is 6.17 Å². The van der Waals surface area contributed by atoms with E-state index >= 15 is 0 Å². The third-order valence-corrected chi connectivity index (χ3v) is 1.65. The van der Waals surface area contributed by atoms with Crippen LogP contribution >= 0.6 is 0 Å². The van der Waals surface area contributed by atoms with E-state index < -0.39 is 0 Å². The van der Waals surface area contributed by atoms with E-state index in [9.17, 15) is 0 Å². The smallest absolute Gasteiger partial charge is 0.151 e. The maximum absolute atomic E-state index is 4.20. The monoisotopic (exact) mass is 148 g/mol. The SMILES string of the molecule is c1ccc([C]2NCCN2)nc1. The zero-order valence-corrected chi connectivity index (χ0v) is 6.17. The van der Waals surface area contributed by atoms with Gasteiger partial charge in [-0.05, 0) is 12.1 Å². The van der Waals surface area contributed by atoms with Crippen LogP contribution in [0.3, 0.4) is 0 Å². The van der Waals surface area contributed by atoms with Crippen LogP contribution < -0.4 is 10.6 Å². The second-order valence-electron chi connectivity index (χ2n) is 2.44. The number of hydrogen-bond acceptors (Lipinski definition) is 3. The van der Waals surface area contributed by atoms with E-state index in [0.717, 1.165) is 24.9 Å². The molecule has 11 heavy (non-hydrogen) atoms. The van der Waals surface area contributed by atoms with E-state index in [4.69, 9.17) is 0 Å². The molecule has 2 heterocycles. The van der Waals surface area contributed by atoms with Crippen molar-refractivity contribution in [3.8, 4) is 0 Å². The van der Waals surface area contributed by atoms with Crippen molar-refractivity contribution in [3.63, 3.8) is 0 Å². The van der Waals surface area contributed by atoms with Crippen LogP contribution in [0.4, 0.5) is 0 Å². The van der Waals surface area contributed by atoms with E-state index in [2.05, 4.69) is 15.6 Å². The zero-order valence-electron chi connectivity index (χ0n) is 6.17. The van der Waals surface area contributed by atoms with E-state index in [-0.39, 0.29) is 0 Å². The molecule has 3 nitrogen and oxygen atoms in total. The molecule has 2 rings (SSSR count). The summed E-state index contributed by atoms with van der Waals surface area (Å²) in [6.07, 6.45) is 2.84. The minimum absolute atomic E-state index is 0.991. The molecule has 1 fully saturated rings. The predicted molar refractivity (Wildman–Crippen MR) is 42.6 cm³/mol. The zero-order chi connectivity index (χ0) is 7.52. The Labute approximate surface area is 65.8 Å². The van der Waals surface area contributed by atoms with E-state index in [1.54, 1.807) is 6.20 Å². The lowest BCUT2D eigenvalue weighted by atomic mass is 10.3. The van der Waals surface area contributed by atoms with Gasteiger partial charge in [0.1, 0.15) is 0 Å². The van der Waals surface area contributed by atoms with Crippen molar-refractivity contribution in [2.45, 2.75) is 0 Å². The molecule has 0 atom stereocenters. The minimum Gasteiger partial charge on any atom is -0.290 e. The van der Waals surface area contributed by atoms with E-state index in [1.165, 1.54) is 0 Å². The topological polar surface area (TPSA) is 37.0 Å². The number of aromatic nitrogens is 1. The molecule has 3 heteroatoms. The van der Waals surface area contributed by atoms with Crippen molar-refractivity contribution in [2.75, 3.05) is 13.1 Å². The standard InChI is InChI=1S/C8H10N3/c1-2-4-9-7(3-1)8-10-5-6-11-8/h1-4,10-11H,5-6H2. The molecule has 0 saturated carbocycles. The highest BCUT2D eigenvalue weighted by Crippen LogP contribution is 2.06. The normalized spacial score (nSPS) is 18.9.